The van der Waals surface area contributed by atoms with Gasteiger partial charge in [-0.25, -0.2) is 0 Å². The fraction of sp³-hybridized carbons (Fsp3) is 0.778. The molecule has 0 aromatic carbocycles. The summed E-state index contributed by atoms with van der Waals surface area (Å²) in [6.45, 7) is 7.82. The highest BCUT2D eigenvalue weighted by Crippen LogP contribution is 2.20. The van der Waals surface area contributed by atoms with Crippen LogP contribution in [0.25, 0.3) is 0 Å². The number of unbranched alkanes of at least 4 members (excludes halogenated alkanes) is 1. The number of rotatable bonds is 7. The molecule has 2 heterocycles. The summed E-state index contributed by atoms with van der Waals surface area (Å²) in [5, 5.41) is 7.80. The summed E-state index contributed by atoms with van der Waals surface area (Å²) in [5.41, 5.74) is 1.34. The van der Waals surface area contributed by atoms with Crippen molar-refractivity contribution in [2.45, 2.75) is 46.0 Å². The monoisotopic (exact) mass is 319 g/mol. The minimum absolute atomic E-state index is 0.707. The number of likely N-dealkylation sites (tertiary alicyclic amines) is 1. The first kappa shape index (κ1) is 17.8. The van der Waals surface area contributed by atoms with Gasteiger partial charge in [0.25, 0.3) is 0 Å². The Balaban J connectivity index is 1.71. The minimum Gasteiger partial charge on any atom is -0.356 e. The van der Waals surface area contributed by atoms with Crippen LogP contribution < -0.4 is 5.32 Å². The van der Waals surface area contributed by atoms with E-state index in [4.69, 9.17) is 0 Å². The van der Waals surface area contributed by atoms with Crippen LogP contribution in [0.1, 0.15) is 45.1 Å². The Kier molecular flexibility index (Phi) is 6.93. The van der Waals surface area contributed by atoms with Crippen LogP contribution >= 0.6 is 0 Å². The zero-order valence-electron chi connectivity index (χ0n) is 15.3. The molecular formula is C18H33N5. The third-order valence-corrected chi connectivity index (χ3v) is 4.57. The van der Waals surface area contributed by atoms with Gasteiger partial charge in [-0.2, -0.15) is 5.10 Å². The Morgan fingerprint density at radius 1 is 1.43 bits per heavy atom. The van der Waals surface area contributed by atoms with E-state index >= 15 is 0 Å². The lowest BCUT2D eigenvalue weighted by atomic mass is 10.0. The average Bonchev–Trinajstić information content (AvgIpc) is 3.12. The molecule has 0 amide bonds. The Labute approximate surface area is 141 Å². The Bertz CT molecular complexity index is 491. The lowest BCUT2D eigenvalue weighted by Crippen LogP contribution is -2.40. The molecule has 0 saturated carbocycles. The highest BCUT2D eigenvalue weighted by atomic mass is 15.3. The van der Waals surface area contributed by atoms with Gasteiger partial charge in [0.1, 0.15) is 0 Å². The second kappa shape index (κ2) is 8.94. The molecule has 1 aromatic heterocycles. The summed E-state index contributed by atoms with van der Waals surface area (Å²) in [6, 6.07) is 0. The molecule has 0 spiro atoms. The van der Waals surface area contributed by atoms with Crippen LogP contribution in [0.15, 0.2) is 17.4 Å². The van der Waals surface area contributed by atoms with Crippen molar-refractivity contribution >= 4 is 5.96 Å². The minimum atomic E-state index is 0.707. The van der Waals surface area contributed by atoms with E-state index in [1.54, 1.807) is 0 Å². The summed E-state index contributed by atoms with van der Waals surface area (Å²) in [5.74, 6) is 2.59. The smallest absolute Gasteiger partial charge is 0.193 e. The second-order valence-electron chi connectivity index (χ2n) is 7.19. The lowest BCUT2D eigenvalue weighted by molar-refractivity contribution is 0.456. The Hall–Kier alpha value is -1.52. The summed E-state index contributed by atoms with van der Waals surface area (Å²) >= 11 is 0. The van der Waals surface area contributed by atoms with Gasteiger partial charge in [-0.05, 0) is 36.7 Å². The van der Waals surface area contributed by atoms with Crippen LogP contribution in [0, 0.1) is 11.8 Å². The fourth-order valence-electron chi connectivity index (χ4n) is 3.31. The number of guanidine groups is 1. The number of hydrogen-bond donors (Lipinski definition) is 1. The first-order valence-corrected chi connectivity index (χ1v) is 9.01. The zero-order valence-corrected chi connectivity index (χ0v) is 15.3. The van der Waals surface area contributed by atoms with E-state index in [1.807, 2.05) is 25.0 Å². The molecule has 1 aromatic rings. The molecule has 1 aliphatic heterocycles. The van der Waals surface area contributed by atoms with Gasteiger partial charge in [0, 0.05) is 39.9 Å². The molecule has 1 unspecified atom stereocenters. The predicted octanol–water partition coefficient (Wildman–Crippen LogP) is 2.69. The third kappa shape index (κ3) is 5.88. The molecule has 1 saturated heterocycles. The molecule has 1 fully saturated rings. The first-order valence-electron chi connectivity index (χ1n) is 9.01. The fourth-order valence-corrected chi connectivity index (χ4v) is 3.31. The van der Waals surface area contributed by atoms with Crippen molar-refractivity contribution in [1.29, 1.82) is 0 Å². The second-order valence-corrected chi connectivity index (χ2v) is 7.19. The lowest BCUT2D eigenvalue weighted by Gasteiger charge is -2.21. The van der Waals surface area contributed by atoms with Gasteiger partial charge in [0.05, 0.1) is 6.20 Å². The van der Waals surface area contributed by atoms with Crippen molar-refractivity contribution in [2.75, 3.05) is 26.7 Å². The Morgan fingerprint density at radius 3 is 2.91 bits per heavy atom. The van der Waals surface area contributed by atoms with Crippen molar-refractivity contribution in [3.05, 3.63) is 18.0 Å². The number of aliphatic imine (C=N–C) groups is 1. The molecule has 1 atom stereocenters. The van der Waals surface area contributed by atoms with Crippen molar-refractivity contribution in [3.8, 4) is 0 Å². The molecule has 1 aliphatic rings. The summed E-state index contributed by atoms with van der Waals surface area (Å²) in [7, 11) is 3.88. The number of aromatic nitrogens is 2. The van der Waals surface area contributed by atoms with E-state index in [9.17, 15) is 0 Å². The van der Waals surface area contributed by atoms with Crippen molar-refractivity contribution < 1.29 is 0 Å². The molecule has 0 radical (unpaired) electrons. The molecule has 1 N–H and O–H groups in total. The Morgan fingerprint density at radius 2 is 2.26 bits per heavy atom. The van der Waals surface area contributed by atoms with Crippen LogP contribution in [0.2, 0.25) is 0 Å². The zero-order chi connectivity index (χ0) is 16.7. The van der Waals surface area contributed by atoms with E-state index in [1.165, 1.54) is 31.2 Å². The molecule has 130 valence electrons. The number of hydrogen-bond acceptors (Lipinski definition) is 2. The van der Waals surface area contributed by atoms with E-state index in [2.05, 4.69) is 40.4 Å². The van der Waals surface area contributed by atoms with Crippen molar-refractivity contribution in [1.82, 2.24) is 20.0 Å². The number of nitrogens with zero attached hydrogens (tertiary/aromatic N) is 4. The van der Waals surface area contributed by atoms with Gasteiger partial charge in [-0.1, -0.05) is 26.7 Å². The van der Waals surface area contributed by atoms with Crippen LogP contribution in [-0.4, -0.2) is 47.3 Å². The van der Waals surface area contributed by atoms with Gasteiger partial charge in [0.2, 0.25) is 0 Å². The average molecular weight is 319 g/mol. The van der Waals surface area contributed by atoms with E-state index < -0.39 is 0 Å². The van der Waals surface area contributed by atoms with Crippen molar-refractivity contribution in [2.24, 2.45) is 23.9 Å². The highest BCUT2D eigenvalue weighted by Gasteiger charge is 2.25. The van der Waals surface area contributed by atoms with E-state index in [0.717, 1.165) is 37.9 Å². The number of aryl methyl sites for hydroxylation is 1. The molecule has 2 rings (SSSR count). The molecule has 0 aliphatic carbocycles. The highest BCUT2D eigenvalue weighted by molar-refractivity contribution is 5.80. The molecule has 5 heteroatoms. The van der Waals surface area contributed by atoms with Gasteiger partial charge in [-0.3, -0.25) is 9.67 Å². The van der Waals surface area contributed by atoms with Gasteiger partial charge in [0.15, 0.2) is 5.96 Å². The molecular weight excluding hydrogens is 286 g/mol. The first-order chi connectivity index (χ1) is 11.1. The SMILES string of the molecule is CN=C(NCCCCC(C)C)N1CCC(Cc2cnn(C)c2)C1. The summed E-state index contributed by atoms with van der Waals surface area (Å²) < 4.78 is 1.89. The van der Waals surface area contributed by atoms with Crippen LogP contribution in [0.4, 0.5) is 0 Å². The molecule has 0 bridgehead atoms. The quantitative estimate of drug-likeness (QED) is 0.477. The molecule has 23 heavy (non-hydrogen) atoms. The maximum Gasteiger partial charge on any atom is 0.193 e. The normalized spacial score (nSPS) is 18.9. The van der Waals surface area contributed by atoms with E-state index in [0.29, 0.717) is 5.92 Å². The topological polar surface area (TPSA) is 45.5 Å². The van der Waals surface area contributed by atoms with Crippen LogP contribution in [0.3, 0.4) is 0 Å². The summed E-state index contributed by atoms with van der Waals surface area (Å²) in [4.78, 5) is 6.87. The largest absolute Gasteiger partial charge is 0.356 e. The van der Waals surface area contributed by atoms with E-state index in [-0.39, 0.29) is 0 Å². The van der Waals surface area contributed by atoms with Crippen LogP contribution in [0.5, 0.6) is 0 Å². The maximum atomic E-state index is 4.46. The molecule has 5 nitrogen and oxygen atoms in total. The predicted molar refractivity (Wildman–Crippen MR) is 96.6 cm³/mol. The maximum absolute atomic E-state index is 4.46. The standard InChI is InChI=1S/C18H33N5/c1-15(2)7-5-6-9-20-18(19-3)23-10-8-16(14-23)11-17-12-21-22(4)13-17/h12-13,15-16H,5-11,14H2,1-4H3,(H,19,20). The van der Waals surface area contributed by atoms with Gasteiger partial charge < -0.3 is 10.2 Å². The van der Waals surface area contributed by atoms with Gasteiger partial charge in [-0.15, -0.1) is 0 Å². The van der Waals surface area contributed by atoms with Crippen molar-refractivity contribution in [3.63, 3.8) is 0 Å². The van der Waals surface area contributed by atoms with Gasteiger partial charge >= 0.3 is 0 Å². The third-order valence-electron chi connectivity index (χ3n) is 4.57. The number of nitrogens with one attached hydrogen (secondary N) is 1. The van der Waals surface area contributed by atoms with Crippen LogP contribution in [-0.2, 0) is 13.5 Å². The summed E-state index contributed by atoms with van der Waals surface area (Å²) in [6.07, 6.45) is 10.3.